The van der Waals surface area contributed by atoms with Crippen LogP contribution in [0.25, 0.3) is 0 Å². The second-order valence-electron chi connectivity index (χ2n) is 2.59. The van der Waals surface area contributed by atoms with Gasteiger partial charge < -0.3 is 9.73 Å². The van der Waals surface area contributed by atoms with Gasteiger partial charge in [0.15, 0.2) is 6.39 Å². The summed E-state index contributed by atoms with van der Waals surface area (Å²) in [5.41, 5.74) is 0. The van der Waals surface area contributed by atoms with Crippen LogP contribution < -0.4 is 5.32 Å². The van der Waals surface area contributed by atoms with Crippen molar-refractivity contribution in [3.05, 3.63) is 18.4 Å². The number of halogens is 2. The van der Waals surface area contributed by atoms with Gasteiger partial charge in [-0.2, -0.15) is 0 Å². The van der Waals surface area contributed by atoms with E-state index in [1.165, 1.54) is 12.8 Å². The van der Waals surface area contributed by atoms with Crippen molar-refractivity contribution in [1.82, 2.24) is 10.3 Å². The molecule has 0 aliphatic carbocycles. The number of oxazole rings is 1. The fourth-order valence-corrected chi connectivity index (χ4v) is 1.32. The van der Waals surface area contributed by atoms with Crippen LogP contribution in [0.5, 0.6) is 0 Å². The maximum absolute atomic E-state index is 5.17. The highest BCUT2D eigenvalue weighted by Gasteiger charge is 2.18. The fraction of sp³-hybridized carbons (Fsp3) is 0.571. The number of nitrogens with one attached hydrogen (secondary N) is 1. The second kappa shape index (κ2) is 5.41. The Morgan fingerprint density at radius 3 is 2.83 bits per heavy atom. The molecule has 70 valence electrons. The molecule has 0 aromatic carbocycles. The maximum atomic E-state index is 5.17. The van der Waals surface area contributed by atoms with E-state index in [2.05, 4.69) is 10.3 Å². The topological polar surface area (TPSA) is 38.1 Å². The third-order valence-corrected chi connectivity index (χ3v) is 1.91. The summed E-state index contributed by atoms with van der Waals surface area (Å²) in [5, 5.41) is 3.27. The van der Waals surface area contributed by atoms with E-state index >= 15 is 0 Å². The Kier molecular flexibility index (Phi) is 5.29. The molecule has 0 spiro atoms. The highest BCUT2D eigenvalue weighted by molar-refractivity contribution is 5.85. The molecule has 1 atom stereocenters. The largest absolute Gasteiger partial charge is 0.448 e. The first-order chi connectivity index (χ1) is 4.97. The SMILES string of the molecule is Cl.Cl.c1ncc(C2CCNC2)o1. The van der Waals surface area contributed by atoms with E-state index in [0.717, 1.165) is 18.8 Å². The zero-order valence-corrected chi connectivity index (χ0v) is 8.16. The molecule has 0 radical (unpaired) electrons. The lowest BCUT2D eigenvalue weighted by Gasteiger charge is -2.00. The van der Waals surface area contributed by atoms with Crippen molar-refractivity contribution < 1.29 is 4.42 Å². The number of aromatic nitrogens is 1. The smallest absolute Gasteiger partial charge is 0.180 e. The Bertz CT molecular complexity index is 197. The Balaban J connectivity index is 0.000000605. The predicted molar refractivity (Wildman–Crippen MR) is 51.2 cm³/mol. The zero-order chi connectivity index (χ0) is 6.81. The average Bonchev–Trinajstić information content (AvgIpc) is 2.59. The Morgan fingerprint density at radius 1 is 1.50 bits per heavy atom. The lowest BCUT2D eigenvalue weighted by molar-refractivity contribution is 0.470. The van der Waals surface area contributed by atoms with Gasteiger partial charge in [-0.15, -0.1) is 24.8 Å². The molecule has 2 rings (SSSR count). The van der Waals surface area contributed by atoms with E-state index in [1.54, 1.807) is 6.20 Å². The molecule has 1 fully saturated rings. The van der Waals surface area contributed by atoms with Crippen molar-refractivity contribution in [3.63, 3.8) is 0 Å². The van der Waals surface area contributed by atoms with Crippen LogP contribution in [0.15, 0.2) is 17.0 Å². The standard InChI is InChI=1S/C7H10N2O.2ClH/c1-2-8-3-6(1)7-4-9-5-10-7;;/h4-6,8H,1-3H2;2*1H. The van der Waals surface area contributed by atoms with Crippen molar-refractivity contribution in [1.29, 1.82) is 0 Å². The third-order valence-electron chi connectivity index (χ3n) is 1.91. The van der Waals surface area contributed by atoms with Crippen molar-refractivity contribution in [2.24, 2.45) is 0 Å². The van der Waals surface area contributed by atoms with E-state index < -0.39 is 0 Å². The molecular formula is C7H12Cl2N2O. The third kappa shape index (κ3) is 2.37. The molecule has 1 aromatic rings. The van der Waals surface area contributed by atoms with Crippen LogP contribution in [0, 0.1) is 0 Å². The molecule has 1 aliphatic rings. The van der Waals surface area contributed by atoms with Crippen molar-refractivity contribution in [2.75, 3.05) is 13.1 Å². The zero-order valence-electron chi connectivity index (χ0n) is 6.53. The number of nitrogens with zero attached hydrogens (tertiary/aromatic N) is 1. The van der Waals surface area contributed by atoms with Crippen LogP contribution in [0.2, 0.25) is 0 Å². The molecule has 0 bridgehead atoms. The van der Waals surface area contributed by atoms with Crippen LogP contribution in [0.1, 0.15) is 18.1 Å². The molecule has 3 nitrogen and oxygen atoms in total. The predicted octanol–water partition coefficient (Wildman–Crippen LogP) is 1.60. The van der Waals surface area contributed by atoms with E-state index in [1.807, 2.05) is 0 Å². The molecule has 1 saturated heterocycles. The highest BCUT2D eigenvalue weighted by atomic mass is 35.5. The van der Waals surface area contributed by atoms with E-state index in [4.69, 9.17) is 4.42 Å². The van der Waals surface area contributed by atoms with Gasteiger partial charge >= 0.3 is 0 Å². The Hall–Kier alpha value is -0.250. The summed E-state index contributed by atoms with van der Waals surface area (Å²) in [7, 11) is 0. The molecule has 0 saturated carbocycles. The summed E-state index contributed by atoms with van der Waals surface area (Å²) in [6.45, 7) is 2.14. The highest BCUT2D eigenvalue weighted by Crippen LogP contribution is 2.20. The first-order valence-corrected chi connectivity index (χ1v) is 3.56. The summed E-state index contributed by atoms with van der Waals surface area (Å²) in [5.74, 6) is 1.58. The first kappa shape index (κ1) is 11.8. The van der Waals surface area contributed by atoms with Crippen molar-refractivity contribution in [2.45, 2.75) is 12.3 Å². The lowest BCUT2D eigenvalue weighted by Crippen LogP contribution is -2.07. The Labute approximate surface area is 83.8 Å². The number of hydrogen-bond donors (Lipinski definition) is 1. The van der Waals surface area contributed by atoms with Crippen LogP contribution in [0.4, 0.5) is 0 Å². The average molecular weight is 211 g/mol. The molecule has 0 amide bonds. The van der Waals surface area contributed by atoms with Gasteiger partial charge in [-0.25, -0.2) is 4.98 Å². The van der Waals surface area contributed by atoms with Crippen LogP contribution in [-0.2, 0) is 0 Å². The second-order valence-corrected chi connectivity index (χ2v) is 2.59. The van der Waals surface area contributed by atoms with Gasteiger partial charge in [-0.3, -0.25) is 0 Å². The summed E-state index contributed by atoms with van der Waals surface area (Å²) in [6.07, 6.45) is 4.47. The molecule has 12 heavy (non-hydrogen) atoms. The van der Waals surface area contributed by atoms with E-state index in [0.29, 0.717) is 5.92 Å². The Morgan fingerprint density at radius 2 is 2.33 bits per heavy atom. The first-order valence-electron chi connectivity index (χ1n) is 3.56. The summed E-state index contributed by atoms with van der Waals surface area (Å²) < 4.78 is 5.17. The van der Waals surface area contributed by atoms with E-state index in [9.17, 15) is 0 Å². The molecular weight excluding hydrogens is 199 g/mol. The molecule has 1 aliphatic heterocycles. The number of rotatable bonds is 1. The fourth-order valence-electron chi connectivity index (χ4n) is 1.32. The van der Waals surface area contributed by atoms with Crippen LogP contribution >= 0.6 is 24.8 Å². The van der Waals surface area contributed by atoms with Crippen molar-refractivity contribution in [3.8, 4) is 0 Å². The summed E-state index contributed by atoms with van der Waals surface area (Å²) >= 11 is 0. The minimum Gasteiger partial charge on any atom is -0.448 e. The normalized spacial score (nSPS) is 21.2. The van der Waals surface area contributed by atoms with Gasteiger partial charge in [0.05, 0.1) is 6.20 Å². The molecule has 1 aromatic heterocycles. The summed E-state index contributed by atoms with van der Waals surface area (Å²) in [6, 6.07) is 0. The van der Waals surface area contributed by atoms with E-state index in [-0.39, 0.29) is 24.8 Å². The van der Waals surface area contributed by atoms with Gasteiger partial charge in [-0.05, 0) is 13.0 Å². The minimum atomic E-state index is 0. The number of hydrogen-bond acceptors (Lipinski definition) is 3. The minimum absolute atomic E-state index is 0. The monoisotopic (exact) mass is 210 g/mol. The quantitative estimate of drug-likeness (QED) is 0.766. The molecule has 1 unspecified atom stereocenters. The van der Waals surface area contributed by atoms with Gasteiger partial charge in [0, 0.05) is 12.5 Å². The van der Waals surface area contributed by atoms with Crippen LogP contribution in [0.3, 0.4) is 0 Å². The van der Waals surface area contributed by atoms with Gasteiger partial charge in [0.25, 0.3) is 0 Å². The van der Waals surface area contributed by atoms with Gasteiger partial charge in [-0.1, -0.05) is 0 Å². The van der Waals surface area contributed by atoms with Crippen LogP contribution in [-0.4, -0.2) is 18.1 Å². The van der Waals surface area contributed by atoms with Gasteiger partial charge in [0.1, 0.15) is 5.76 Å². The van der Waals surface area contributed by atoms with Crippen molar-refractivity contribution >= 4 is 24.8 Å². The lowest BCUT2D eigenvalue weighted by atomic mass is 10.1. The summed E-state index contributed by atoms with van der Waals surface area (Å²) in [4.78, 5) is 3.87. The van der Waals surface area contributed by atoms with Gasteiger partial charge in [0.2, 0.25) is 0 Å². The molecule has 2 heterocycles. The molecule has 5 heteroatoms. The maximum Gasteiger partial charge on any atom is 0.180 e. The molecule has 1 N–H and O–H groups in total.